The second-order valence-corrected chi connectivity index (χ2v) is 5.38. The lowest BCUT2D eigenvalue weighted by Gasteiger charge is -2.17. The van der Waals surface area contributed by atoms with Crippen molar-refractivity contribution in [3.05, 3.63) is 65.2 Å². The van der Waals surface area contributed by atoms with Gasteiger partial charge in [0.05, 0.1) is 6.20 Å². The molecule has 0 aliphatic rings. The van der Waals surface area contributed by atoms with E-state index in [9.17, 15) is 4.39 Å². The van der Waals surface area contributed by atoms with Crippen molar-refractivity contribution in [3.8, 4) is 0 Å². The minimum Gasteiger partial charge on any atom is -0.313 e. The van der Waals surface area contributed by atoms with Crippen LogP contribution in [0.3, 0.4) is 0 Å². The van der Waals surface area contributed by atoms with Gasteiger partial charge in [0.15, 0.2) is 0 Å². The highest BCUT2D eigenvalue weighted by molar-refractivity contribution is 5.27. The summed E-state index contributed by atoms with van der Waals surface area (Å²) in [6.45, 7) is 4.37. The van der Waals surface area contributed by atoms with Crippen LogP contribution >= 0.6 is 0 Å². The second-order valence-electron chi connectivity index (χ2n) is 5.38. The average Bonchev–Trinajstić information content (AvgIpc) is 2.45. The largest absolute Gasteiger partial charge is 0.313 e. The monoisotopic (exact) mass is 272 g/mol. The number of likely N-dealkylation sites (N-methyl/N-ethyl adjacent to an activating group) is 1. The molecule has 1 atom stereocenters. The first-order valence-electron chi connectivity index (χ1n) is 6.96. The predicted molar refractivity (Wildman–Crippen MR) is 80.2 cm³/mol. The number of benzene rings is 1. The van der Waals surface area contributed by atoms with Crippen LogP contribution in [0.1, 0.15) is 42.5 Å². The Kier molecular flexibility index (Phi) is 4.85. The molecule has 3 heteroatoms. The van der Waals surface area contributed by atoms with Crippen molar-refractivity contribution in [2.24, 2.45) is 0 Å². The minimum absolute atomic E-state index is 0.0723. The van der Waals surface area contributed by atoms with Gasteiger partial charge in [0, 0.05) is 12.2 Å². The quantitative estimate of drug-likeness (QED) is 0.894. The number of rotatable bonds is 5. The van der Waals surface area contributed by atoms with Gasteiger partial charge in [0.2, 0.25) is 0 Å². The summed E-state index contributed by atoms with van der Waals surface area (Å²) in [4.78, 5) is 3.92. The van der Waals surface area contributed by atoms with E-state index in [0.717, 1.165) is 12.0 Å². The fraction of sp³-hybridized carbons (Fsp3) is 0.353. The van der Waals surface area contributed by atoms with Crippen LogP contribution in [-0.2, 0) is 6.42 Å². The molecule has 0 saturated heterocycles. The molecule has 0 aliphatic carbocycles. The Hall–Kier alpha value is -1.74. The molecule has 1 unspecified atom stereocenters. The Morgan fingerprint density at radius 1 is 1.10 bits per heavy atom. The standard InChI is InChI=1S/C17H21FN2/c1-12(2)14-6-4-13(5-7-14)8-17(19-3)15-9-16(18)11-20-10-15/h4-7,9-12,17,19H,8H2,1-3H3. The maximum absolute atomic E-state index is 13.3. The summed E-state index contributed by atoms with van der Waals surface area (Å²) >= 11 is 0. The number of pyridine rings is 1. The van der Waals surface area contributed by atoms with Crippen LogP contribution in [0.25, 0.3) is 0 Å². The topological polar surface area (TPSA) is 24.9 Å². The van der Waals surface area contributed by atoms with Gasteiger partial charge in [-0.05, 0) is 42.1 Å². The van der Waals surface area contributed by atoms with Gasteiger partial charge in [-0.3, -0.25) is 4.98 Å². The molecular weight excluding hydrogens is 251 g/mol. The molecule has 0 spiro atoms. The van der Waals surface area contributed by atoms with E-state index in [2.05, 4.69) is 48.4 Å². The minimum atomic E-state index is -0.294. The molecule has 1 heterocycles. The van der Waals surface area contributed by atoms with Gasteiger partial charge in [-0.15, -0.1) is 0 Å². The first-order valence-corrected chi connectivity index (χ1v) is 6.96. The van der Waals surface area contributed by atoms with Crippen LogP contribution in [0, 0.1) is 5.82 Å². The third kappa shape index (κ3) is 3.64. The molecule has 1 N–H and O–H groups in total. The van der Waals surface area contributed by atoms with Crippen molar-refractivity contribution in [1.82, 2.24) is 10.3 Å². The summed E-state index contributed by atoms with van der Waals surface area (Å²) in [5.74, 6) is 0.245. The first-order chi connectivity index (χ1) is 9.60. The molecule has 0 bridgehead atoms. The molecule has 2 aromatic rings. The lowest BCUT2D eigenvalue weighted by molar-refractivity contribution is 0.572. The van der Waals surface area contributed by atoms with Crippen molar-refractivity contribution in [2.45, 2.75) is 32.2 Å². The maximum Gasteiger partial charge on any atom is 0.141 e. The van der Waals surface area contributed by atoms with Crippen LogP contribution in [-0.4, -0.2) is 12.0 Å². The zero-order valence-electron chi connectivity index (χ0n) is 12.2. The molecule has 1 aromatic heterocycles. The number of hydrogen-bond acceptors (Lipinski definition) is 2. The molecule has 2 nitrogen and oxygen atoms in total. The van der Waals surface area contributed by atoms with Crippen LogP contribution in [0.15, 0.2) is 42.7 Å². The Labute approximate surface area is 120 Å². The van der Waals surface area contributed by atoms with E-state index in [-0.39, 0.29) is 11.9 Å². The van der Waals surface area contributed by atoms with Crippen molar-refractivity contribution in [3.63, 3.8) is 0 Å². The maximum atomic E-state index is 13.3. The highest BCUT2D eigenvalue weighted by Crippen LogP contribution is 2.20. The first kappa shape index (κ1) is 14.7. The molecule has 0 aliphatic heterocycles. The SMILES string of the molecule is CNC(Cc1ccc(C(C)C)cc1)c1cncc(F)c1. The van der Waals surface area contributed by atoms with Crippen LogP contribution < -0.4 is 5.32 Å². The third-order valence-corrected chi connectivity index (χ3v) is 3.56. The number of hydrogen-bond donors (Lipinski definition) is 1. The number of nitrogens with one attached hydrogen (secondary N) is 1. The molecule has 1 aromatic carbocycles. The smallest absolute Gasteiger partial charge is 0.141 e. The van der Waals surface area contributed by atoms with Gasteiger partial charge in [-0.25, -0.2) is 4.39 Å². The van der Waals surface area contributed by atoms with Crippen molar-refractivity contribution >= 4 is 0 Å². The van der Waals surface area contributed by atoms with E-state index in [0.29, 0.717) is 5.92 Å². The van der Waals surface area contributed by atoms with Crippen LogP contribution in [0.4, 0.5) is 4.39 Å². The Morgan fingerprint density at radius 2 is 1.80 bits per heavy atom. The predicted octanol–water partition coefficient (Wildman–Crippen LogP) is 3.85. The van der Waals surface area contributed by atoms with Crippen molar-refractivity contribution in [2.75, 3.05) is 7.05 Å². The van der Waals surface area contributed by atoms with Gasteiger partial charge in [0.25, 0.3) is 0 Å². The summed E-state index contributed by atoms with van der Waals surface area (Å²) in [6, 6.07) is 10.2. The summed E-state index contributed by atoms with van der Waals surface area (Å²) < 4.78 is 13.3. The molecule has 0 fully saturated rings. The Balaban J connectivity index is 2.14. The summed E-state index contributed by atoms with van der Waals surface area (Å²) in [5.41, 5.74) is 3.45. The molecule has 20 heavy (non-hydrogen) atoms. The number of nitrogens with zero attached hydrogens (tertiary/aromatic N) is 1. The van der Waals surface area contributed by atoms with E-state index in [4.69, 9.17) is 0 Å². The zero-order valence-corrected chi connectivity index (χ0v) is 12.2. The highest BCUT2D eigenvalue weighted by atomic mass is 19.1. The molecule has 0 radical (unpaired) electrons. The summed E-state index contributed by atoms with van der Waals surface area (Å²) in [6.07, 6.45) is 3.76. The lowest BCUT2D eigenvalue weighted by Crippen LogP contribution is -2.19. The summed E-state index contributed by atoms with van der Waals surface area (Å²) in [7, 11) is 1.89. The van der Waals surface area contributed by atoms with E-state index in [1.165, 1.54) is 23.4 Å². The van der Waals surface area contributed by atoms with Gasteiger partial charge in [0.1, 0.15) is 5.82 Å². The van der Waals surface area contributed by atoms with E-state index >= 15 is 0 Å². The van der Waals surface area contributed by atoms with E-state index in [1.807, 2.05) is 7.05 Å². The van der Waals surface area contributed by atoms with Gasteiger partial charge >= 0.3 is 0 Å². The normalized spacial score (nSPS) is 12.7. The second kappa shape index (κ2) is 6.62. The van der Waals surface area contributed by atoms with Crippen LogP contribution in [0.5, 0.6) is 0 Å². The average molecular weight is 272 g/mol. The van der Waals surface area contributed by atoms with E-state index in [1.54, 1.807) is 6.20 Å². The lowest BCUT2D eigenvalue weighted by atomic mass is 9.97. The van der Waals surface area contributed by atoms with Gasteiger partial charge in [-0.1, -0.05) is 38.1 Å². The Bertz CT molecular complexity index is 549. The molecule has 2 rings (SSSR count). The van der Waals surface area contributed by atoms with Gasteiger partial charge in [-0.2, -0.15) is 0 Å². The zero-order chi connectivity index (χ0) is 14.5. The van der Waals surface area contributed by atoms with Gasteiger partial charge < -0.3 is 5.32 Å². The number of halogens is 1. The number of aromatic nitrogens is 1. The van der Waals surface area contributed by atoms with Crippen molar-refractivity contribution in [1.29, 1.82) is 0 Å². The molecule has 0 saturated carbocycles. The fourth-order valence-electron chi connectivity index (χ4n) is 2.28. The third-order valence-electron chi connectivity index (χ3n) is 3.56. The molecule has 106 valence electrons. The molecule has 0 amide bonds. The van der Waals surface area contributed by atoms with Crippen LogP contribution in [0.2, 0.25) is 0 Å². The Morgan fingerprint density at radius 3 is 2.35 bits per heavy atom. The summed E-state index contributed by atoms with van der Waals surface area (Å²) in [5, 5.41) is 3.22. The molecular formula is C17H21FN2. The highest BCUT2D eigenvalue weighted by Gasteiger charge is 2.11. The fourth-order valence-corrected chi connectivity index (χ4v) is 2.28. The van der Waals surface area contributed by atoms with Crippen molar-refractivity contribution < 1.29 is 4.39 Å². The van der Waals surface area contributed by atoms with E-state index < -0.39 is 0 Å².